The van der Waals surface area contributed by atoms with Crippen LogP contribution in [0.5, 0.6) is 5.75 Å². The number of amides is 1. The molecule has 16 heavy (non-hydrogen) atoms. The minimum absolute atomic E-state index is 0.180. The maximum atomic E-state index is 13.4. The van der Waals surface area contributed by atoms with Crippen LogP contribution in [-0.4, -0.2) is 17.1 Å². The maximum Gasteiger partial charge on any atom is 0.258 e. The number of hydrogen-bond donors (Lipinski definition) is 2. The Morgan fingerprint density at radius 2 is 2.12 bits per heavy atom. The minimum atomic E-state index is -0.886. The van der Waals surface area contributed by atoms with Crippen molar-refractivity contribution in [2.45, 2.75) is 26.1 Å². The summed E-state index contributed by atoms with van der Waals surface area (Å²) in [5.74, 6) is -1.00. The molecule has 0 heterocycles. The summed E-state index contributed by atoms with van der Waals surface area (Å²) in [5, 5.41) is 9.21. The van der Waals surface area contributed by atoms with Gasteiger partial charge in [-0.3, -0.25) is 4.79 Å². The van der Waals surface area contributed by atoms with Crippen molar-refractivity contribution in [3.63, 3.8) is 0 Å². The number of halogens is 1. The van der Waals surface area contributed by atoms with Gasteiger partial charge in [0.1, 0.15) is 11.6 Å². The fourth-order valence-electron chi connectivity index (χ4n) is 1.18. The highest BCUT2D eigenvalue weighted by Gasteiger charge is 2.13. The molecule has 2 atom stereocenters. The lowest BCUT2D eigenvalue weighted by Crippen LogP contribution is -2.30. The molecule has 0 aliphatic carbocycles. The molecule has 4 nitrogen and oxygen atoms in total. The smallest absolute Gasteiger partial charge is 0.258 e. The number of ether oxygens (including phenoxy) is 1. The molecule has 1 aromatic carbocycles. The molecule has 0 radical (unpaired) electrons. The number of carbonyl (C=O) groups excluding carboxylic acids is 1. The first kappa shape index (κ1) is 12.4. The third-order valence-corrected chi connectivity index (χ3v) is 2.14. The van der Waals surface area contributed by atoms with Gasteiger partial charge in [0.15, 0.2) is 6.10 Å². The predicted molar refractivity (Wildman–Crippen MR) is 56.3 cm³/mol. The van der Waals surface area contributed by atoms with Crippen LogP contribution in [-0.2, 0) is 4.79 Å². The van der Waals surface area contributed by atoms with Crippen LogP contribution in [0.4, 0.5) is 4.39 Å². The summed E-state index contributed by atoms with van der Waals surface area (Å²) in [6, 6.07) is 4.00. The van der Waals surface area contributed by atoms with Crippen LogP contribution in [0.3, 0.4) is 0 Å². The zero-order valence-corrected chi connectivity index (χ0v) is 9.11. The van der Waals surface area contributed by atoms with Gasteiger partial charge in [-0.1, -0.05) is 0 Å². The van der Waals surface area contributed by atoms with E-state index in [-0.39, 0.29) is 11.3 Å². The molecule has 0 aliphatic heterocycles. The highest BCUT2D eigenvalue weighted by atomic mass is 19.1. The van der Waals surface area contributed by atoms with Crippen molar-refractivity contribution in [2.75, 3.05) is 0 Å². The second-order valence-electron chi connectivity index (χ2n) is 3.52. The highest BCUT2D eigenvalue weighted by Crippen LogP contribution is 2.22. The quantitative estimate of drug-likeness (QED) is 0.809. The van der Waals surface area contributed by atoms with Gasteiger partial charge in [0.25, 0.3) is 5.91 Å². The second kappa shape index (κ2) is 4.94. The van der Waals surface area contributed by atoms with E-state index in [1.807, 2.05) is 0 Å². The van der Waals surface area contributed by atoms with Crippen molar-refractivity contribution in [3.05, 3.63) is 29.6 Å². The van der Waals surface area contributed by atoms with Gasteiger partial charge < -0.3 is 15.6 Å². The number of aliphatic hydroxyl groups is 1. The van der Waals surface area contributed by atoms with E-state index < -0.39 is 23.9 Å². The molecule has 2 unspecified atom stereocenters. The van der Waals surface area contributed by atoms with Crippen LogP contribution in [0.15, 0.2) is 18.2 Å². The summed E-state index contributed by atoms with van der Waals surface area (Å²) >= 11 is 0. The van der Waals surface area contributed by atoms with Crippen LogP contribution in [0.1, 0.15) is 25.5 Å². The summed E-state index contributed by atoms with van der Waals surface area (Å²) in [7, 11) is 0. The first-order valence-corrected chi connectivity index (χ1v) is 4.85. The summed E-state index contributed by atoms with van der Waals surface area (Å²) in [5.41, 5.74) is 5.18. The van der Waals surface area contributed by atoms with E-state index in [0.717, 1.165) is 6.07 Å². The minimum Gasteiger partial charge on any atom is -0.481 e. The molecule has 5 heteroatoms. The Labute approximate surface area is 92.8 Å². The number of nitrogens with two attached hydrogens (primary N) is 1. The van der Waals surface area contributed by atoms with Crippen LogP contribution < -0.4 is 10.5 Å². The van der Waals surface area contributed by atoms with Gasteiger partial charge in [0.2, 0.25) is 0 Å². The van der Waals surface area contributed by atoms with E-state index in [1.54, 1.807) is 0 Å². The lowest BCUT2D eigenvalue weighted by molar-refractivity contribution is -0.123. The number of carbonyl (C=O) groups is 1. The van der Waals surface area contributed by atoms with Crippen molar-refractivity contribution in [1.82, 2.24) is 0 Å². The van der Waals surface area contributed by atoms with E-state index >= 15 is 0 Å². The molecule has 0 bridgehead atoms. The molecule has 0 aromatic heterocycles. The van der Waals surface area contributed by atoms with Gasteiger partial charge in [-0.15, -0.1) is 0 Å². The second-order valence-corrected chi connectivity index (χ2v) is 3.52. The lowest BCUT2D eigenvalue weighted by Gasteiger charge is -2.13. The van der Waals surface area contributed by atoms with Crippen LogP contribution >= 0.6 is 0 Å². The molecular weight excluding hydrogens is 213 g/mol. The molecule has 1 amide bonds. The van der Waals surface area contributed by atoms with Gasteiger partial charge in [0, 0.05) is 11.6 Å². The van der Waals surface area contributed by atoms with Crippen molar-refractivity contribution < 1.29 is 19.0 Å². The molecule has 0 aliphatic rings. The van der Waals surface area contributed by atoms with Crippen LogP contribution in [0.25, 0.3) is 0 Å². The fraction of sp³-hybridized carbons (Fsp3) is 0.364. The number of hydrogen-bond acceptors (Lipinski definition) is 3. The van der Waals surface area contributed by atoms with E-state index in [0.29, 0.717) is 0 Å². The van der Waals surface area contributed by atoms with Gasteiger partial charge >= 0.3 is 0 Å². The SMILES string of the molecule is CC(Oc1ccc(C(C)O)c(F)c1)C(N)=O. The largest absolute Gasteiger partial charge is 0.481 e. The fourth-order valence-corrected chi connectivity index (χ4v) is 1.18. The molecule has 1 aromatic rings. The summed E-state index contributed by atoms with van der Waals surface area (Å²) in [4.78, 5) is 10.7. The van der Waals surface area contributed by atoms with Crippen LogP contribution in [0.2, 0.25) is 0 Å². The van der Waals surface area contributed by atoms with E-state index in [1.165, 1.54) is 26.0 Å². The molecule has 88 valence electrons. The Bertz CT molecular complexity index is 393. The van der Waals surface area contributed by atoms with E-state index in [9.17, 15) is 14.3 Å². The van der Waals surface area contributed by atoms with Gasteiger partial charge in [-0.25, -0.2) is 4.39 Å². The van der Waals surface area contributed by atoms with Crippen LogP contribution in [0, 0.1) is 5.82 Å². The average Bonchev–Trinajstić information content (AvgIpc) is 2.16. The van der Waals surface area contributed by atoms with Gasteiger partial charge in [-0.2, -0.15) is 0 Å². The van der Waals surface area contributed by atoms with Crippen molar-refractivity contribution in [1.29, 1.82) is 0 Å². The highest BCUT2D eigenvalue weighted by molar-refractivity contribution is 5.78. The average molecular weight is 227 g/mol. The van der Waals surface area contributed by atoms with Crippen molar-refractivity contribution in [2.24, 2.45) is 5.73 Å². The lowest BCUT2D eigenvalue weighted by atomic mass is 10.1. The first-order chi connectivity index (χ1) is 7.41. The zero-order valence-electron chi connectivity index (χ0n) is 9.11. The van der Waals surface area contributed by atoms with E-state index in [4.69, 9.17) is 10.5 Å². The van der Waals surface area contributed by atoms with Gasteiger partial charge in [-0.05, 0) is 26.0 Å². The molecule has 0 spiro atoms. The Morgan fingerprint density at radius 3 is 2.56 bits per heavy atom. The van der Waals surface area contributed by atoms with Crippen molar-refractivity contribution in [3.8, 4) is 5.75 Å². The normalized spacial score (nSPS) is 14.2. The molecule has 1 rings (SSSR count). The number of benzene rings is 1. The molecule has 0 fully saturated rings. The molecule has 0 saturated carbocycles. The predicted octanol–water partition coefficient (Wildman–Crippen LogP) is 1.13. The third-order valence-electron chi connectivity index (χ3n) is 2.14. The maximum absolute atomic E-state index is 13.4. The summed E-state index contributed by atoms with van der Waals surface area (Å²) in [6.45, 7) is 2.94. The topological polar surface area (TPSA) is 72.6 Å². The third kappa shape index (κ3) is 2.93. The molecule has 0 saturated heterocycles. The number of rotatable bonds is 4. The Morgan fingerprint density at radius 1 is 1.50 bits per heavy atom. The summed E-state index contributed by atoms with van der Waals surface area (Å²) < 4.78 is 18.5. The zero-order chi connectivity index (χ0) is 12.3. The Hall–Kier alpha value is -1.62. The number of primary amides is 1. The summed E-state index contributed by atoms with van der Waals surface area (Å²) in [6.07, 6.45) is -1.71. The Kier molecular flexibility index (Phi) is 3.84. The first-order valence-electron chi connectivity index (χ1n) is 4.85. The standard InChI is InChI=1S/C11H14FNO3/c1-6(14)9-4-3-8(5-10(9)12)16-7(2)11(13)15/h3-7,14H,1-2H3,(H2,13,15). The molecular formula is C11H14FNO3. The van der Waals surface area contributed by atoms with Gasteiger partial charge in [0.05, 0.1) is 6.10 Å². The van der Waals surface area contributed by atoms with Crippen molar-refractivity contribution >= 4 is 5.91 Å². The Balaban J connectivity index is 2.85. The van der Waals surface area contributed by atoms with E-state index in [2.05, 4.69) is 0 Å². The monoisotopic (exact) mass is 227 g/mol. The molecule has 3 N–H and O–H groups in total. The number of aliphatic hydroxyl groups excluding tert-OH is 1.